The zero-order valence-electron chi connectivity index (χ0n) is 10.6. The summed E-state index contributed by atoms with van der Waals surface area (Å²) in [6, 6.07) is 0. The molecule has 1 aliphatic heterocycles. The second-order valence-electron chi connectivity index (χ2n) is 4.33. The maximum Gasteiger partial charge on any atom is 0.246 e. The largest absolute Gasteiger partial charge is 0.330 e. The van der Waals surface area contributed by atoms with Crippen molar-refractivity contribution in [2.45, 2.75) is 17.9 Å². The van der Waals surface area contributed by atoms with E-state index in [2.05, 4.69) is 5.10 Å². The van der Waals surface area contributed by atoms with Crippen molar-refractivity contribution in [3.8, 4) is 0 Å². The first-order valence-electron chi connectivity index (χ1n) is 6.11. The van der Waals surface area contributed by atoms with E-state index < -0.39 is 20.8 Å². The molecule has 0 bridgehead atoms. The first kappa shape index (κ1) is 14.6. The van der Waals surface area contributed by atoms with Gasteiger partial charge in [-0.2, -0.15) is 9.40 Å². The maximum atomic E-state index is 12.3. The highest BCUT2D eigenvalue weighted by molar-refractivity contribution is 7.89. The van der Waals surface area contributed by atoms with Gasteiger partial charge in [-0.1, -0.05) is 0 Å². The standard InChI is InChI=1S/C10H18N4O3S2/c11-2-1-3-13-9-10(8-12-13)19(16,17)14-4-6-18(15)7-5-14/h8-9H,1-7,11H2. The van der Waals surface area contributed by atoms with Gasteiger partial charge in [-0.05, 0) is 13.0 Å². The van der Waals surface area contributed by atoms with Gasteiger partial charge in [-0.15, -0.1) is 0 Å². The number of aromatic nitrogens is 2. The van der Waals surface area contributed by atoms with Crippen LogP contribution >= 0.6 is 0 Å². The Balaban J connectivity index is 2.10. The van der Waals surface area contributed by atoms with E-state index in [1.165, 1.54) is 16.7 Å². The molecule has 0 spiro atoms. The minimum Gasteiger partial charge on any atom is -0.330 e. The molecule has 0 atom stereocenters. The van der Waals surface area contributed by atoms with E-state index in [0.29, 0.717) is 37.7 Å². The Labute approximate surface area is 115 Å². The Morgan fingerprint density at radius 3 is 2.68 bits per heavy atom. The minimum atomic E-state index is -3.51. The van der Waals surface area contributed by atoms with Gasteiger partial charge in [0.05, 0.1) is 6.20 Å². The maximum absolute atomic E-state index is 12.3. The summed E-state index contributed by atoms with van der Waals surface area (Å²) in [6.45, 7) is 1.77. The molecule has 1 aliphatic rings. The van der Waals surface area contributed by atoms with Crippen LogP contribution < -0.4 is 5.73 Å². The van der Waals surface area contributed by atoms with Gasteiger partial charge >= 0.3 is 0 Å². The van der Waals surface area contributed by atoms with E-state index in [1.807, 2.05) is 0 Å². The number of rotatable bonds is 5. The lowest BCUT2D eigenvalue weighted by atomic mass is 10.4. The molecule has 0 amide bonds. The van der Waals surface area contributed by atoms with E-state index in [1.54, 1.807) is 4.68 Å². The first-order chi connectivity index (χ1) is 9.04. The smallest absolute Gasteiger partial charge is 0.246 e. The van der Waals surface area contributed by atoms with E-state index in [0.717, 1.165) is 6.42 Å². The molecule has 0 aliphatic carbocycles. The molecule has 2 rings (SSSR count). The normalized spacial score (nSPS) is 18.8. The van der Waals surface area contributed by atoms with Crippen LogP contribution in [0, 0.1) is 0 Å². The third-order valence-corrected chi connectivity index (χ3v) is 6.10. The van der Waals surface area contributed by atoms with Gasteiger partial charge in [-0.3, -0.25) is 8.89 Å². The molecule has 2 heterocycles. The average molecular weight is 306 g/mol. The summed E-state index contributed by atoms with van der Waals surface area (Å²) in [7, 11) is -4.40. The summed E-state index contributed by atoms with van der Waals surface area (Å²) in [6.07, 6.45) is 3.64. The lowest BCUT2D eigenvalue weighted by Crippen LogP contribution is -2.41. The molecule has 1 saturated heterocycles. The molecule has 0 radical (unpaired) electrons. The first-order valence-corrected chi connectivity index (χ1v) is 9.04. The van der Waals surface area contributed by atoms with Crippen molar-refractivity contribution in [3.05, 3.63) is 12.4 Å². The zero-order chi connectivity index (χ0) is 13.9. The molecule has 19 heavy (non-hydrogen) atoms. The van der Waals surface area contributed by atoms with Crippen LogP contribution in [0.2, 0.25) is 0 Å². The van der Waals surface area contributed by atoms with Gasteiger partial charge < -0.3 is 5.73 Å². The summed E-state index contributed by atoms with van der Waals surface area (Å²) in [5.41, 5.74) is 5.40. The quantitative estimate of drug-likeness (QED) is 0.751. The van der Waals surface area contributed by atoms with Crippen molar-refractivity contribution < 1.29 is 12.6 Å². The fourth-order valence-electron chi connectivity index (χ4n) is 1.86. The predicted molar refractivity (Wildman–Crippen MR) is 72.5 cm³/mol. The Hall–Kier alpha value is -0.770. The second kappa shape index (κ2) is 6.12. The molecule has 1 fully saturated rings. The SMILES string of the molecule is NCCCn1cc(S(=O)(=O)N2CCS(=O)CC2)cn1. The van der Waals surface area contributed by atoms with Crippen LogP contribution in [0.1, 0.15) is 6.42 Å². The van der Waals surface area contributed by atoms with E-state index in [4.69, 9.17) is 5.73 Å². The van der Waals surface area contributed by atoms with Crippen molar-refractivity contribution in [3.63, 3.8) is 0 Å². The Morgan fingerprint density at radius 2 is 2.05 bits per heavy atom. The van der Waals surface area contributed by atoms with E-state index in [9.17, 15) is 12.6 Å². The fraction of sp³-hybridized carbons (Fsp3) is 0.700. The molecular weight excluding hydrogens is 288 g/mol. The van der Waals surface area contributed by atoms with E-state index in [-0.39, 0.29) is 4.90 Å². The Bertz CT molecular complexity index is 545. The van der Waals surface area contributed by atoms with Crippen LogP contribution in [-0.2, 0) is 27.4 Å². The monoisotopic (exact) mass is 306 g/mol. The van der Waals surface area contributed by atoms with E-state index >= 15 is 0 Å². The lowest BCUT2D eigenvalue weighted by molar-refractivity contribution is 0.438. The van der Waals surface area contributed by atoms with Gasteiger partial charge in [0.15, 0.2) is 0 Å². The molecule has 1 aromatic heterocycles. The van der Waals surface area contributed by atoms with Crippen molar-refractivity contribution in [2.24, 2.45) is 5.73 Å². The number of sulfonamides is 1. The molecule has 9 heteroatoms. The van der Waals surface area contributed by atoms with Crippen molar-refractivity contribution in [2.75, 3.05) is 31.1 Å². The van der Waals surface area contributed by atoms with Gasteiger partial charge in [-0.25, -0.2) is 8.42 Å². The van der Waals surface area contributed by atoms with Gasteiger partial charge in [0.25, 0.3) is 0 Å². The van der Waals surface area contributed by atoms with Crippen LogP contribution in [0.4, 0.5) is 0 Å². The topological polar surface area (TPSA) is 98.3 Å². The van der Waals surface area contributed by atoms with Crippen molar-refractivity contribution in [1.82, 2.24) is 14.1 Å². The van der Waals surface area contributed by atoms with Gasteiger partial charge in [0.1, 0.15) is 4.90 Å². The molecule has 0 saturated carbocycles. The number of nitrogens with zero attached hydrogens (tertiary/aromatic N) is 3. The number of aryl methyl sites for hydroxylation is 1. The Kier molecular flexibility index (Phi) is 4.71. The Morgan fingerprint density at radius 1 is 1.37 bits per heavy atom. The summed E-state index contributed by atoms with van der Waals surface area (Å²) in [5, 5.41) is 4.03. The summed E-state index contributed by atoms with van der Waals surface area (Å²) in [5.74, 6) is 0.807. The third-order valence-electron chi connectivity index (χ3n) is 2.98. The summed E-state index contributed by atoms with van der Waals surface area (Å²) in [4.78, 5) is 0.192. The zero-order valence-corrected chi connectivity index (χ0v) is 12.2. The van der Waals surface area contributed by atoms with Crippen molar-refractivity contribution >= 4 is 20.8 Å². The molecule has 1 aromatic rings. The van der Waals surface area contributed by atoms with Gasteiger partial charge in [0.2, 0.25) is 10.0 Å². The highest BCUT2D eigenvalue weighted by Crippen LogP contribution is 2.16. The molecule has 7 nitrogen and oxygen atoms in total. The molecule has 2 N–H and O–H groups in total. The molecular formula is C10H18N4O3S2. The van der Waals surface area contributed by atoms with Gasteiger partial charge in [0, 0.05) is 48.1 Å². The molecule has 0 aromatic carbocycles. The third kappa shape index (κ3) is 3.41. The molecule has 0 unspecified atom stereocenters. The number of hydrogen-bond acceptors (Lipinski definition) is 5. The number of hydrogen-bond donors (Lipinski definition) is 1. The van der Waals surface area contributed by atoms with Crippen molar-refractivity contribution in [1.29, 1.82) is 0 Å². The molecule has 108 valence electrons. The summed E-state index contributed by atoms with van der Waals surface area (Å²) >= 11 is 0. The number of nitrogens with two attached hydrogens (primary N) is 1. The summed E-state index contributed by atoms with van der Waals surface area (Å²) < 4.78 is 38.9. The average Bonchev–Trinajstić information content (AvgIpc) is 2.86. The van der Waals surface area contributed by atoms with Crippen LogP contribution in [0.3, 0.4) is 0 Å². The lowest BCUT2D eigenvalue weighted by Gasteiger charge is -2.24. The fourth-order valence-corrected chi connectivity index (χ4v) is 4.54. The second-order valence-corrected chi connectivity index (χ2v) is 7.97. The van der Waals surface area contributed by atoms with Crippen LogP contribution in [0.25, 0.3) is 0 Å². The minimum absolute atomic E-state index is 0.192. The van der Waals surface area contributed by atoms with Crippen LogP contribution in [0.15, 0.2) is 17.3 Å². The predicted octanol–water partition coefficient (Wildman–Crippen LogP) is -1.02. The highest BCUT2D eigenvalue weighted by atomic mass is 32.2. The highest BCUT2D eigenvalue weighted by Gasteiger charge is 2.29. The van der Waals surface area contributed by atoms with Crippen LogP contribution in [-0.4, -0.2) is 57.9 Å². The van der Waals surface area contributed by atoms with Crippen LogP contribution in [0.5, 0.6) is 0 Å².